The minimum Gasteiger partial charge on any atom is -0.465 e. The fourth-order valence-corrected chi connectivity index (χ4v) is 17.4. The molecule has 13 heteroatoms. The number of hydrogen-bond donors (Lipinski definition) is 8. The number of nitrogens with one attached hydrogen (secondary N) is 1. The molecule has 370 valence electrons. The van der Waals surface area contributed by atoms with Crippen molar-refractivity contribution < 1.29 is 44.7 Å². The Kier molecular flexibility index (Phi) is 13.0. The van der Waals surface area contributed by atoms with Crippen molar-refractivity contribution in [3.8, 4) is 11.8 Å². The summed E-state index contributed by atoms with van der Waals surface area (Å²) in [5.74, 6) is 5.85. The molecule has 0 aromatic carbocycles. The van der Waals surface area contributed by atoms with Crippen LogP contribution in [0.4, 0.5) is 0 Å². The van der Waals surface area contributed by atoms with Gasteiger partial charge in [-0.2, -0.15) is 0 Å². The first-order chi connectivity index (χ1) is 31.7. The third kappa shape index (κ3) is 7.84. The molecule has 1 saturated heterocycles. The SMILES string of the molecule is CC(=O)CNC1=C2[C@H](CC[C@]3(CCN=C(N)N)[C@@H]4[C@@H](CC#C[C@H]([C@H]5COC(=O)C56CCCC6)C[C@@H]5[C@@H](CC=C6CC[C@H](C)C[C@H]65)[C@H](C)C[C@@H](O)[C@]4(C)O)C[C@@]23O)[C@@]2(C)C[C@H](O)[C@H](O)C[C@H]2C1=O. The van der Waals surface area contributed by atoms with Crippen LogP contribution in [-0.2, 0) is 19.1 Å². The molecular weight excluding hydrogens is 849 g/mol. The number of fused-ring (bicyclic) bond motifs is 10. The number of nitrogens with zero attached hydrogens (tertiary/aromatic N) is 1. The van der Waals surface area contributed by atoms with Gasteiger partial charge < -0.3 is 47.1 Å². The Morgan fingerprint density at radius 2 is 1.70 bits per heavy atom. The molecule has 1 spiro atoms. The Morgan fingerprint density at radius 3 is 2.42 bits per heavy atom. The van der Waals surface area contributed by atoms with Gasteiger partial charge in [0.2, 0.25) is 0 Å². The molecule has 0 amide bonds. The first-order valence-electron chi connectivity index (χ1n) is 26.1. The van der Waals surface area contributed by atoms with E-state index < -0.39 is 69.4 Å². The van der Waals surface area contributed by atoms with Crippen molar-refractivity contribution in [3.63, 3.8) is 0 Å². The number of esters is 1. The molecule has 10 N–H and O–H groups in total. The lowest BCUT2D eigenvalue weighted by Crippen LogP contribution is -2.65. The van der Waals surface area contributed by atoms with E-state index in [1.165, 1.54) is 13.3 Å². The number of nitrogens with two attached hydrogens (primary N) is 2. The van der Waals surface area contributed by atoms with Crippen molar-refractivity contribution in [3.05, 3.63) is 22.9 Å². The molecule has 0 aromatic heterocycles. The highest BCUT2D eigenvalue weighted by molar-refractivity contribution is 6.00. The van der Waals surface area contributed by atoms with Gasteiger partial charge in [-0.1, -0.05) is 51.2 Å². The zero-order chi connectivity index (χ0) is 48.0. The monoisotopic (exact) mass is 929 g/mol. The summed E-state index contributed by atoms with van der Waals surface area (Å²) in [6.45, 7) is 10.1. The van der Waals surface area contributed by atoms with E-state index in [2.05, 4.69) is 42.1 Å². The number of rotatable bonds is 7. The van der Waals surface area contributed by atoms with Gasteiger partial charge in [0.15, 0.2) is 11.7 Å². The third-order valence-electron chi connectivity index (χ3n) is 20.6. The molecule has 5 saturated carbocycles. The number of Topliss-reactive ketones (excluding diaryl/α,β-unsaturated/α-hetero) is 2. The van der Waals surface area contributed by atoms with Crippen molar-refractivity contribution >= 4 is 23.5 Å². The molecule has 9 aliphatic rings. The van der Waals surface area contributed by atoms with Crippen LogP contribution in [0.3, 0.4) is 0 Å². The standard InChI is InChI=1S/C54H80N4O9/c1-29-11-12-32-13-14-35-30(2)22-43(62)51(5,65)47-34(10-8-9-33(23-37(35)36(32)21-29)40-28-67-48(64)52(40)16-6-7-17-52)25-54(66)44-38(15-18-53(47,54)19-20-57-49(55)56)50(4)26-42(61)41(60)24-39(50)46(63)45(44)58-27-31(3)59/h13,29-30,33-43,47,58,60-62,65-66H,6-7,10-12,14-28H2,1-5H3,(H4,55,56,57)/t29-,30+,33-,34-,35-,36+,37+,38-,39-,40+,41+,42-,43+,47+,50+,51-,53-,54+/m0/s1. The highest BCUT2D eigenvalue weighted by atomic mass is 16.5. The van der Waals surface area contributed by atoms with Gasteiger partial charge in [-0.15, -0.1) is 5.92 Å². The number of cyclic esters (lactones) is 1. The molecule has 1 aliphatic heterocycles. The fraction of sp³-hybridized carbons (Fsp3) is 0.815. The number of carbonyl (C=O) groups is 3. The number of aliphatic hydroxyl groups is 5. The van der Waals surface area contributed by atoms with Crippen LogP contribution in [0.2, 0.25) is 0 Å². The van der Waals surface area contributed by atoms with Crippen molar-refractivity contribution in [2.24, 2.45) is 97.8 Å². The topological polar surface area (TPSA) is 238 Å². The summed E-state index contributed by atoms with van der Waals surface area (Å²) in [4.78, 5) is 46.0. The maximum atomic E-state index is 15.0. The zero-order valence-electron chi connectivity index (χ0n) is 40.8. The Labute approximate surface area is 397 Å². The van der Waals surface area contributed by atoms with Crippen LogP contribution in [-0.4, -0.2) is 98.2 Å². The van der Waals surface area contributed by atoms with Crippen molar-refractivity contribution in [1.82, 2.24) is 5.32 Å². The number of hydrogen-bond acceptors (Lipinski definition) is 11. The van der Waals surface area contributed by atoms with E-state index >= 15 is 4.79 Å². The van der Waals surface area contributed by atoms with Crippen LogP contribution in [0, 0.1) is 93.2 Å². The van der Waals surface area contributed by atoms with Crippen molar-refractivity contribution in [2.45, 2.75) is 173 Å². The maximum Gasteiger partial charge on any atom is 0.312 e. The second-order valence-corrected chi connectivity index (χ2v) is 24.2. The Hall–Kier alpha value is -3.28. The Morgan fingerprint density at radius 1 is 0.955 bits per heavy atom. The van der Waals surface area contributed by atoms with Crippen LogP contribution in [0.15, 0.2) is 27.9 Å². The predicted molar refractivity (Wildman–Crippen MR) is 253 cm³/mol. The maximum absolute atomic E-state index is 15.0. The van der Waals surface area contributed by atoms with Crippen LogP contribution < -0.4 is 16.8 Å². The normalized spacial score (nSPS) is 46.9. The average Bonchev–Trinajstić information content (AvgIpc) is 3.95. The van der Waals surface area contributed by atoms with Gasteiger partial charge in [-0.3, -0.25) is 19.4 Å². The summed E-state index contributed by atoms with van der Waals surface area (Å²) < 4.78 is 6.01. The zero-order valence-corrected chi connectivity index (χ0v) is 40.8. The van der Waals surface area contributed by atoms with Gasteiger partial charge in [-0.05, 0) is 156 Å². The molecule has 18 atom stereocenters. The van der Waals surface area contributed by atoms with E-state index in [0.717, 1.165) is 51.4 Å². The first kappa shape index (κ1) is 48.7. The van der Waals surface area contributed by atoms with Gasteiger partial charge in [-0.25, -0.2) is 0 Å². The Bertz CT molecular complexity index is 2130. The van der Waals surface area contributed by atoms with Gasteiger partial charge in [0.05, 0.1) is 53.8 Å². The molecule has 0 unspecified atom stereocenters. The number of ketones is 2. The smallest absolute Gasteiger partial charge is 0.312 e. The second-order valence-electron chi connectivity index (χ2n) is 24.2. The molecule has 9 rings (SSSR count). The number of allylic oxidation sites excluding steroid dienone is 3. The molecule has 0 bridgehead atoms. The summed E-state index contributed by atoms with van der Waals surface area (Å²) in [6, 6.07) is 0. The molecule has 6 fully saturated rings. The number of ether oxygens (including phenoxy) is 1. The van der Waals surface area contributed by atoms with E-state index in [9.17, 15) is 35.1 Å². The highest BCUT2D eigenvalue weighted by Gasteiger charge is 2.74. The highest BCUT2D eigenvalue weighted by Crippen LogP contribution is 2.72. The summed E-state index contributed by atoms with van der Waals surface area (Å²) >= 11 is 0. The van der Waals surface area contributed by atoms with E-state index in [4.69, 9.17) is 16.2 Å². The predicted octanol–water partition coefficient (Wildman–Crippen LogP) is 4.85. The lowest BCUT2D eigenvalue weighted by atomic mass is 9.44. The lowest BCUT2D eigenvalue weighted by molar-refractivity contribution is -0.190. The Balaban J connectivity index is 1.21. The van der Waals surface area contributed by atoms with E-state index in [1.54, 1.807) is 12.5 Å². The summed E-state index contributed by atoms with van der Waals surface area (Å²) in [5.41, 5.74) is 8.04. The van der Waals surface area contributed by atoms with E-state index in [1.807, 2.05) is 6.92 Å². The summed E-state index contributed by atoms with van der Waals surface area (Å²) in [7, 11) is 0. The third-order valence-corrected chi connectivity index (χ3v) is 20.6. The largest absolute Gasteiger partial charge is 0.465 e. The minimum absolute atomic E-state index is 0.0100. The van der Waals surface area contributed by atoms with E-state index in [0.29, 0.717) is 43.3 Å². The van der Waals surface area contributed by atoms with Crippen LogP contribution in [0.5, 0.6) is 0 Å². The number of guanidine groups is 1. The lowest BCUT2D eigenvalue weighted by Gasteiger charge is -2.62. The average molecular weight is 929 g/mol. The minimum atomic E-state index is -1.77. The van der Waals surface area contributed by atoms with Crippen LogP contribution >= 0.6 is 0 Å². The summed E-state index contributed by atoms with van der Waals surface area (Å²) in [6.07, 6.45) is 9.83. The molecule has 0 aromatic rings. The van der Waals surface area contributed by atoms with Crippen molar-refractivity contribution in [2.75, 3.05) is 19.7 Å². The summed E-state index contributed by atoms with van der Waals surface area (Å²) in [5, 5.41) is 65.8. The van der Waals surface area contributed by atoms with Crippen LogP contribution in [0.25, 0.3) is 0 Å². The van der Waals surface area contributed by atoms with Crippen LogP contribution in [0.1, 0.15) is 144 Å². The fourth-order valence-electron chi connectivity index (χ4n) is 17.4. The number of aliphatic imine (C=N–C) groups is 1. The van der Waals surface area contributed by atoms with Gasteiger partial charge in [0, 0.05) is 42.1 Å². The van der Waals surface area contributed by atoms with Gasteiger partial charge in [0.25, 0.3) is 0 Å². The van der Waals surface area contributed by atoms with Crippen molar-refractivity contribution in [1.29, 1.82) is 0 Å². The van der Waals surface area contributed by atoms with Gasteiger partial charge in [0.1, 0.15) is 5.78 Å². The second kappa shape index (κ2) is 17.8. The quantitative estimate of drug-likeness (QED) is 0.0563. The molecular formula is C54H80N4O9. The number of aliphatic hydroxyl groups excluding tert-OH is 3. The molecule has 1 heterocycles. The van der Waals surface area contributed by atoms with E-state index in [-0.39, 0.29) is 104 Å². The van der Waals surface area contributed by atoms with Gasteiger partial charge >= 0.3 is 5.97 Å². The number of carbonyl (C=O) groups excluding carboxylic acids is 3. The first-order valence-corrected chi connectivity index (χ1v) is 26.1. The molecule has 0 radical (unpaired) electrons. The molecule has 8 aliphatic carbocycles. The molecule has 67 heavy (non-hydrogen) atoms. The molecule has 13 nitrogen and oxygen atoms in total.